The lowest BCUT2D eigenvalue weighted by Gasteiger charge is -2.23. The Morgan fingerprint density at radius 2 is 2.47 bits per heavy atom. The van der Waals surface area contributed by atoms with Crippen LogP contribution in [0.5, 0.6) is 0 Å². The molecule has 0 aliphatic carbocycles. The summed E-state index contributed by atoms with van der Waals surface area (Å²) in [5, 5.41) is 2.66. The van der Waals surface area contributed by atoms with Gasteiger partial charge in [-0.2, -0.15) is 4.39 Å². The first-order chi connectivity index (χ1) is 8.25. The average molecular weight is 240 g/mol. The van der Waals surface area contributed by atoms with Crippen molar-refractivity contribution in [3.05, 3.63) is 29.8 Å². The van der Waals surface area contributed by atoms with E-state index in [1.54, 1.807) is 0 Å². The maximum atomic E-state index is 12.8. The summed E-state index contributed by atoms with van der Waals surface area (Å²) >= 11 is 0. The van der Waals surface area contributed by atoms with Crippen molar-refractivity contribution in [2.75, 3.05) is 26.4 Å². The number of amides is 1. The lowest BCUT2D eigenvalue weighted by atomic mass is 10.2. The van der Waals surface area contributed by atoms with Gasteiger partial charge in [0.1, 0.15) is 0 Å². The van der Waals surface area contributed by atoms with Crippen LogP contribution < -0.4 is 5.32 Å². The molecule has 0 bridgehead atoms. The molecule has 0 aromatic carbocycles. The van der Waals surface area contributed by atoms with Gasteiger partial charge in [-0.05, 0) is 6.07 Å². The summed E-state index contributed by atoms with van der Waals surface area (Å²) in [5.74, 6) is -1.02. The quantitative estimate of drug-likeness (QED) is 0.775. The van der Waals surface area contributed by atoms with Crippen molar-refractivity contribution in [1.82, 2.24) is 10.3 Å². The molecular formula is C11H13FN2O3. The average Bonchev–Trinajstić information content (AvgIpc) is 2.37. The second-order valence-electron chi connectivity index (χ2n) is 3.64. The Labute approximate surface area is 97.9 Å². The van der Waals surface area contributed by atoms with Gasteiger partial charge in [-0.15, -0.1) is 0 Å². The summed E-state index contributed by atoms with van der Waals surface area (Å²) in [7, 11) is 0. The number of carbonyl (C=O) groups excluding carboxylic acids is 1. The lowest BCUT2D eigenvalue weighted by Crippen LogP contribution is -2.39. The van der Waals surface area contributed by atoms with Gasteiger partial charge in [-0.3, -0.25) is 4.79 Å². The van der Waals surface area contributed by atoms with Gasteiger partial charge in [0.15, 0.2) is 0 Å². The smallest absolute Gasteiger partial charge is 0.251 e. The van der Waals surface area contributed by atoms with Crippen molar-refractivity contribution in [1.29, 1.82) is 0 Å². The largest absolute Gasteiger partial charge is 0.376 e. The van der Waals surface area contributed by atoms with E-state index in [9.17, 15) is 9.18 Å². The zero-order chi connectivity index (χ0) is 12.1. The maximum Gasteiger partial charge on any atom is 0.251 e. The number of nitrogens with zero attached hydrogens (tertiary/aromatic N) is 1. The van der Waals surface area contributed by atoms with E-state index >= 15 is 0 Å². The number of pyridine rings is 1. The summed E-state index contributed by atoms with van der Waals surface area (Å²) in [6.07, 6.45) is 1.11. The summed E-state index contributed by atoms with van der Waals surface area (Å²) in [6.45, 7) is 1.93. The van der Waals surface area contributed by atoms with Crippen LogP contribution in [0.15, 0.2) is 18.3 Å². The number of ether oxygens (including phenoxy) is 2. The van der Waals surface area contributed by atoms with Gasteiger partial charge in [0.05, 0.1) is 25.9 Å². The molecule has 92 valence electrons. The van der Waals surface area contributed by atoms with Crippen LogP contribution in [0.4, 0.5) is 4.39 Å². The van der Waals surface area contributed by atoms with Crippen LogP contribution in [0.3, 0.4) is 0 Å². The van der Waals surface area contributed by atoms with Gasteiger partial charge in [0.2, 0.25) is 5.95 Å². The van der Waals surface area contributed by atoms with Crippen LogP contribution in [0, 0.1) is 5.95 Å². The molecule has 1 amide bonds. The van der Waals surface area contributed by atoms with Crippen LogP contribution in [0.1, 0.15) is 10.4 Å². The molecule has 1 aromatic heterocycles. The minimum atomic E-state index is -0.671. The topological polar surface area (TPSA) is 60.5 Å². The maximum absolute atomic E-state index is 12.8. The zero-order valence-electron chi connectivity index (χ0n) is 9.19. The molecule has 2 heterocycles. The van der Waals surface area contributed by atoms with E-state index in [2.05, 4.69) is 10.3 Å². The number of aromatic nitrogens is 1. The Morgan fingerprint density at radius 1 is 1.59 bits per heavy atom. The zero-order valence-corrected chi connectivity index (χ0v) is 9.19. The molecular weight excluding hydrogens is 227 g/mol. The number of nitrogens with one attached hydrogen (secondary N) is 1. The molecule has 1 N–H and O–H groups in total. The first kappa shape index (κ1) is 11.9. The molecule has 1 unspecified atom stereocenters. The number of rotatable bonds is 3. The van der Waals surface area contributed by atoms with E-state index in [1.807, 2.05) is 0 Å². The fraction of sp³-hybridized carbons (Fsp3) is 0.455. The van der Waals surface area contributed by atoms with Gasteiger partial charge >= 0.3 is 0 Å². The molecule has 1 fully saturated rings. The molecule has 0 spiro atoms. The number of hydrogen-bond donors (Lipinski definition) is 1. The third-order valence-corrected chi connectivity index (χ3v) is 2.36. The molecule has 1 aromatic rings. The summed E-state index contributed by atoms with van der Waals surface area (Å²) in [6, 6.07) is 2.55. The number of halogens is 1. The standard InChI is InChI=1S/C11H13FN2O3/c12-10-5-8(1-2-13-10)11(15)14-6-9-7-16-3-4-17-9/h1-2,5,9H,3-4,6-7H2,(H,14,15). The van der Waals surface area contributed by atoms with Gasteiger partial charge in [0.25, 0.3) is 5.91 Å². The van der Waals surface area contributed by atoms with Crippen molar-refractivity contribution in [2.24, 2.45) is 0 Å². The molecule has 0 saturated carbocycles. The molecule has 1 atom stereocenters. The summed E-state index contributed by atoms with van der Waals surface area (Å²) in [4.78, 5) is 15.0. The van der Waals surface area contributed by atoms with Gasteiger partial charge in [-0.25, -0.2) is 4.98 Å². The second kappa shape index (κ2) is 5.70. The minimum Gasteiger partial charge on any atom is -0.376 e. The van der Waals surface area contributed by atoms with Crippen LogP contribution in [0.2, 0.25) is 0 Å². The van der Waals surface area contributed by atoms with E-state index in [-0.39, 0.29) is 17.6 Å². The Balaban J connectivity index is 1.84. The number of hydrogen-bond acceptors (Lipinski definition) is 4. The van der Waals surface area contributed by atoms with E-state index in [0.29, 0.717) is 26.4 Å². The van der Waals surface area contributed by atoms with Crippen molar-refractivity contribution >= 4 is 5.91 Å². The Hall–Kier alpha value is -1.53. The highest BCUT2D eigenvalue weighted by molar-refractivity contribution is 5.93. The highest BCUT2D eigenvalue weighted by Gasteiger charge is 2.15. The third kappa shape index (κ3) is 3.47. The van der Waals surface area contributed by atoms with Crippen molar-refractivity contribution in [2.45, 2.75) is 6.10 Å². The van der Waals surface area contributed by atoms with Crippen LogP contribution >= 0.6 is 0 Å². The fourth-order valence-electron chi connectivity index (χ4n) is 1.51. The molecule has 1 saturated heterocycles. The van der Waals surface area contributed by atoms with Crippen LogP contribution in [-0.2, 0) is 9.47 Å². The molecule has 1 aliphatic heterocycles. The highest BCUT2D eigenvalue weighted by atomic mass is 19.1. The van der Waals surface area contributed by atoms with Gasteiger partial charge in [0, 0.05) is 24.4 Å². The fourth-order valence-corrected chi connectivity index (χ4v) is 1.51. The van der Waals surface area contributed by atoms with Crippen LogP contribution in [-0.4, -0.2) is 43.4 Å². The minimum absolute atomic E-state index is 0.139. The van der Waals surface area contributed by atoms with E-state index < -0.39 is 5.95 Å². The van der Waals surface area contributed by atoms with Crippen molar-refractivity contribution in [3.63, 3.8) is 0 Å². The SMILES string of the molecule is O=C(NCC1COCCO1)c1ccnc(F)c1. The summed E-state index contributed by atoms with van der Waals surface area (Å²) in [5.41, 5.74) is 0.245. The third-order valence-electron chi connectivity index (χ3n) is 2.36. The molecule has 17 heavy (non-hydrogen) atoms. The summed E-state index contributed by atoms with van der Waals surface area (Å²) < 4.78 is 23.3. The Kier molecular flexibility index (Phi) is 4.00. The predicted octanol–water partition coefficient (Wildman–Crippen LogP) is 0.366. The first-order valence-electron chi connectivity index (χ1n) is 5.35. The van der Waals surface area contributed by atoms with Crippen molar-refractivity contribution in [3.8, 4) is 0 Å². The van der Waals surface area contributed by atoms with Gasteiger partial charge in [-0.1, -0.05) is 0 Å². The van der Waals surface area contributed by atoms with E-state index in [1.165, 1.54) is 12.3 Å². The molecule has 6 heteroatoms. The second-order valence-corrected chi connectivity index (χ2v) is 3.64. The van der Waals surface area contributed by atoms with Gasteiger partial charge < -0.3 is 14.8 Å². The molecule has 0 radical (unpaired) electrons. The lowest BCUT2D eigenvalue weighted by molar-refractivity contribution is -0.0855. The molecule has 1 aliphatic rings. The van der Waals surface area contributed by atoms with E-state index in [0.717, 1.165) is 6.07 Å². The number of carbonyl (C=O) groups is 1. The monoisotopic (exact) mass is 240 g/mol. The van der Waals surface area contributed by atoms with Crippen molar-refractivity contribution < 1.29 is 18.7 Å². The highest BCUT2D eigenvalue weighted by Crippen LogP contribution is 2.02. The Bertz CT molecular complexity index is 394. The molecule has 5 nitrogen and oxygen atoms in total. The normalized spacial score (nSPS) is 19.9. The first-order valence-corrected chi connectivity index (χ1v) is 5.35. The Morgan fingerprint density at radius 3 is 3.18 bits per heavy atom. The van der Waals surface area contributed by atoms with Crippen LogP contribution in [0.25, 0.3) is 0 Å². The molecule has 2 rings (SSSR count). The van der Waals surface area contributed by atoms with E-state index in [4.69, 9.17) is 9.47 Å². The predicted molar refractivity (Wildman–Crippen MR) is 57.1 cm³/mol.